The van der Waals surface area contributed by atoms with Crippen molar-refractivity contribution >= 4 is 22.5 Å². The Hall–Kier alpha value is -2.20. The Morgan fingerprint density at radius 3 is 2.55 bits per heavy atom. The van der Waals surface area contributed by atoms with E-state index in [2.05, 4.69) is 73.2 Å². The molecule has 1 atom stereocenters. The van der Waals surface area contributed by atoms with Crippen molar-refractivity contribution in [2.45, 2.75) is 85.1 Å². The number of benzene rings is 1. The summed E-state index contributed by atoms with van der Waals surface area (Å²) in [6.45, 7) is 9.01. The Labute approximate surface area is 191 Å². The van der Waals surface area contributed by atoms with Crippen LogP contribution in [0.4, 0.5) is 0 Å². The Kier molecular flexibility index (Phi) is 7.06. The van der Waals surface area contributed by atoms with Crippen molar-refractivity contribution < 1.29 is 0 Å². The van der Waals surface area contributed by atoms with Crippen molar-refractivity contribution in [1.82, 2.24) is 15.0 Å². The largest absolute Gasteiger partial charge is 0.237 e. The van der Waals surface area contributed by atoms with Gasteiger partial charge in [0, 0.05) is 10.5 Å². The van der Waals surface area contributed by atoms with Gasteiger partial charge in [-0.3, -0.25) is 0 Å². The molecule has 0 radical (unpaired) electrons. The van der Waals surface area contributed by atoms with E-state index in [-0.39, 0.29) is 6.04 Å². The van der Waals surface area contributed by atoms with Crippen LogP contribution in [0.2, 0.25) is 0 Å². The maximum Gasteiger partial charge on any atom is 0.106 e. The molecule has 3 nitrogen and oxygen atoms in total. The average molecular weight is 434 g/mol. The summed E-state index contributed by atoms with van der Waals surface area (Å²) in [5, 5.41) is 11.6. The number of nitrogens with zero attached hydrogens (tertiary/aromatic N) is 3. The lowest BCUT2D eigenvalue weighted by atomic mass is 9.98. The molecule has 0 saturated heterocycles. The molecule has 3 aromatic rings. The van der Waals surface area contributed by atoms with Crippen LogP contribution >= 0.6 is 11.3 Å². The zero-order valence-corrected chi connectivity index (χ0v) is 20.3. The van der Waals surface area contributed by atoms with Gasteiger partial charge in [0.05, 0.1) is 11.4 Å². The molecule has 0 fully saturated rings. The Morgan fingerprint density at radius 2 is 1.74 bits per heavy atom. The van der Waals surface area contributed by atoms with Gasteiger partial charge in [0.15, 0.2) is 0 Å². The Bertz CT molecular complexity index is 1060. The van der Waals surface area contributed by atoms with Crippen LogP contribution in [0.1, 0.15) is 98.3 Å². The van der Waals surface area contributed by atoms with Gasteiger partial charge in [0.2, 0.25) is 0 Å². The zero-order chi connectivity index (χ0) is 21.8. The molecule has 0 amide bonds. The van der Waals surface area contributed by atoms with E-state index >= 15 is 0 Å². The summed E-state index contributed by atoms with van der Waals surface area (Å²) in [6.07, 6.45) is 9.75. The number of unbranched alkanes of at least 4 members (excludes halogenated alkanes) is 4. The van der Waals surface area contributed by atoms with Gasteiger partial charge in [0.1, 0.15) is 6.04 Å². The fourth-order valence-corrected chi connectivity index (χ4v) is 6.00. The van der Waals surface area contributed by atoms with Crippen molar-refractivity contribution in [1.29, 1.82) is 0 Å². The zero-order valence-electron chi connectivity index (χ0n) is 19.4. The molecule has 1 unspecified atom stereocenters. The summed E-state index contributed by atoms with van der Waals surface area (Å²) < 4.78 is 2.20. The molecular formula is C27H35N3S. The highest BCUT2D eigenvalue weighted by Crippen LogP contribution is 2.49. The van der Waals surface area contributed by atoms with Gasteiger partial charge >= 0.3 is 0 Å². The second-order valence-electron chi connectivity index (χ2n) is 8.78. The molecule has 31 heavy (non-hydrogen) atoms. The van der Waals surface area contributed by atoms with Crippen LogP contribution in [0.15, 0.2) is 35.7 Å². The van der Waals surface area contributed by atoms with Crippen LogP contribution in [0, 0.1) is 6.92 Å². The molecule has 1 aliphatic carbocycles. The number of aryl methyl sites for hydroxylation is 2. The molecule has 0 aliphatic heterocycles. The smallest absolute Gasteiger partial charge is 0.106 e. The average Bonchev–Trinajstić information content (AvgIpc) is 3.45. The number of allylic oxidation sites excluding steroid dienone is 2. The van der Waals surface area contributed by atoms with Gasteiger partial charge in [-0.05, 0) is 66.8 Å². The molecule has 2 aromatic heterocycles. The highest BCUT2D eigenvalue weighted by atomic mass is 32.1. The van der Waals surface area contributed by atoms with Gasteiger partial charge in [0.25, 0.3) is 0 Å². The van der Waals surface area contributed by atoms with Gasteiger partial charge in [-0.1, -0.05) is 75.4 Å². The minimum Gasteiger partial charge on any atom is -0.237 e. The van der Waals surface area contributed by atoms with E-state index in [1.54, 1.807) is 0 Å². The Morgan fingerprint density at radius 1 is 0.935 bits per heavy atom. The third-order valence-corrected chi connectivity index (χ3v) is 7.62. The number of aromatic nitrogens is 3. The van der Waals surface area contributed by atoms with Gasteiger partial charge in [-0.15, -0.1) is 16.4 Å². The molecule has 0 saturated carbocycles. The van der Waals surface area contributed by atoms with E-state index in [0.717, 1.165) is 25.0 Å². The molecule has 4 rings (SSSR count). The molecule has 0 spiro atoms. The van der Waals surface area contributed by atoms with Crippen molar-refractivity contribution in [3.05, 3.63) is 68.7 Å². The van der Waals surface area contributed by atoms with E-state index in [4.69, 9.17) is 5.21 Å². The van der Waals surface area contributed by atoms with E-state index < -0.39 is 0 Å². The molecule has 1 aromatic carbocycles. The molecule has 1 aliphatic rings. The lowest BCUT2D eigenvalue weighted by Crippen LogP contribution is -2.14. The van der Waals surface area contributed by atoms with Crippen LogP contribution in [0.5, 0.6) is 0 Å². The molecule has 0 bridgehead atoms. The number of fused-ring (bicyclic) bond motifs is 1. The normalized spacial score (nSPS) is 15.7. The van der Waals surface area contributed by atoms with Crippen LogP contribution in [-0.4, -0.2) is 15.0 Å². The van der Waals surface area contributed by atoms with Gasteiger partial charge in [-0.2, -0.15) is 0 Å². The second kappa shape index (κ2) is 9.95. The first-order valence-electron chi connectivity index (χ1n) is 11.9. The quantitative estimate of drug-likeness (QED) is 0.307. The fraction of sp³-hybridized carbons (Fsp3) is 0.481. The van der Waals surface area contributed by atoms with Gasteiger partial charge in [-0.25, -0.2) is 4.68 Å². The highest BCUT2D eigenvalue weighted by molar-refractivity contribution is 7.11. The predicted octanol–water partition coefficient (Wildman–Crippen LogP) is 7.65. The predicted molar refractivity (Wildman–Crippen MR) is 133 cm³/mol. The maximum atomic E-state index is 4.72. The van der Waals surface area contributed by atoms with Crippen LogP contribution in [0.25, 0.3) is 11.1 Å². The van der Waals surface area contributed by atoms with Crippen LogP contribution < -0.4 is 0 Å². The first-order valence-corrected chi connectivity index (χ1v) is 12.8. The van der Waals surface area contributed by atoms with Crippen molar-refractivity contribution in [3.8, 4) is 0 Å². The summed E-state index contributed by atoms with van der Waals surface area (Å²) in [5.41, 5.74) is 9.36. The van der Waals surface area contributed by atoms with Crippen molar-refractivity contribution in [2.24, 2.45) is 0 Å². The number of rotatable bonds is 10. The molecule has 0 N–H and O–H groups in total. The number of thiophene rings is 1. The van der Waals surface area contributed by atoms with Crippen LogP contribution in [-0.2, 0) is 12.8 Å². The van der Waals surface area contributed by atoms with Gasteiger partial charge < -0.3 is 0 Å². The van der Waals surface area contributed by atoms with Crippen molar-refractivity contribution in [2.75, 3.05) is 0 Å². The SMILES string of the molecule is CCCCCCCc1nnn(C2C(c3sccc3CCC)=C(C)c3ccccc32)c1C. The maximum absolute atomic E-state index is 4.72. The molecule has 4 heteroatoms. The van der Waals surface area contributed by atoms with Crippen molar-refractivity contribution in [3.63, 3.8) is 0 Å². The summed E-state index contributed by atoms with van der Waals surface area (Å²) in [4.78, 5) is 1.43. The number of hydrogen-bond acceptors (Lipinski definition) is 3. The topological polar surface area (TPSA) is 30.7 Å². The first-order chi connectivity index (χ1) is 15.2. The third-order valence-electron chi connectivity index (χ3n) is 6.63. The summed E-state index contributed by atoms with van der Waals surface area (Å²) >= 11 is 1.87. The minimum absolute atomic E-state index is 0.117. The first kappa shape index (κ1) is 22.0. The molecule has 2 heterocycles. The minimum atomic E-state index is 0.117. The summed E-state index contributed by atoms with van der Waals surface area (Å²) in [6, 6.07) is 11.3. The highest BCUT2D eigenvalue weighted by Gasteiger charge is 2.34. The summed E-state index contributed by atoms with van der Waals surface area (Å²) in [5.74, 6) is 0. The molecular weight excluding hydrogens is 398 g/mol. The van der Waals surface area contributed by atoms with E-state index in [9.17, 15) is 0 Å². The second-order valence-corrected chi connectivity index (χ2v) is 9.70. The lowest BCUT2D eigenvalue weighted by Gasteiger charge is -2.19. The van der Waals surface area contributed by atoms with E-state index in [0.29, 0.717) is 0 Å². The fourth-order valence-electron chi connectivity index (χ4n) is 4.92. The standard InChI is InChI=1S/C27H35N3S/c1-5-7-8-9-10-16-24-20(4)30(29-28-24)26-23-15-12-11-14-22(23)19(3)25(26)27-21(13-6-2)17-18-31-27/h11-12,14-15,17-18,26H,5-10,13,16H2,1-4H3. The number of hydrogen-bond donors (Lipinski definition) is 0. The summed E-state index contributed by atoms with van der Waals surface area (Å²) in [7, 11) is 0. The molecule has 164 valence electrons. The monoisotopic (exact) mass is 433 g/mol. The Balaban J connectivity index is 1.70. The van der Waals surface area contributed by atoms with Crippen LogP contribution in [0.3, 0.4) is 0 Å². The third kappa shape index (κ3) is 4.27. The van der Waals surface area contributed by atoms with E-state index in [1.165, 1.54) is 70.5 Å². The lowest BCUT2D eigenvalue weighted by molar-refractivity contribution is 0.587. The van der Waals surface area contributed by atoms with E-state index in [1.807, 2.05) is 11.3 Å².